The molecule has 4 heteroatoms. The number of aryl methyl sites for hydroxylation is 1. The highest BCUT2D eigenvalue weighted by Gasteiger charge is 2.27. The van der Waals surface area contributed by atoms with Crippen molar-refractivity contribution in [2.45, 2.75) is 44.4 Å². The van der Waals surface area contributed by atoms with E-state index in [-0.39, 0.29) is 0 Å². The Bertz CT molecular complexity index is 381. The fraction of sp³-hybridized carbons (Fsp3) is 0.615. The molecule has 94 valence electrons. The first kappa shape index (κ1) is 12.6. The Morgan fingerprint density at radius 2 is 2.35 bits per heavy atom. The number of thioether (sulfide) groups is 1. The molecule has 1 heterocycles. The summed E-state index contributed by atoms with van der Waals surface area (Å²) in [6.07, 6.45) is 5.63. The van der Waals surface area contributed by atoms with E-state index in [0.717, 1.165) is 22.3 Å². The van der Waals surface area contributed by atoms with E-state index in [1.54, 1.807) is 6.20 Å². The van der Waals surface area contributed by atoms with Crippen LogP contribution < -0.4 is 11.1 Å². The summed E-state index contributed by atoms with van der Waals surface area (Å²) in [7, 11) is 0. The van der Waals surface area contributed by atoms with Gasteiger partial charge in [0.25, 0.3) is 0 Å². The number of nitrogens with one attached hydrogen (secondary N) is 1. The number of aromatic nitrogens is 1. The van der Waals surface area contributed by atoms with Gasteiger partial charge in [0.05, 0.1) is 11.9 Å². The number of nitrogen functional groups attached to an aromatic ring is 1. The average Bonchev–Trinajstić information content (AvgIpc) is 2.71. The Labute approximate surface area is 108 Å². The molecule has 0 aliphatic heterocycles. The smallest absolute Gasteiger partial charge is 0.129 e. The quantitative estimate of drug-likeness (QED) is 0.863. The number of pyridine rings is 1. The summed E-state index contributed by atoms with van der Waals surface area (Å²) in [6, 6.07) is 2.54. The molecular weight excluding hydrogens is 230 g/mol. The van der Waals surface area contributed by atoms with E-state index in [1.807, 2.05) is 6.07 Å². The van der Waals surface area contributed by atoms with E-state index >= 15 is 0 Å². The van der Waals surface area contributed by atoms with Gasteiger partial charge in [-0.25, -0.2) is 4.98 Å². The highest BCUT2D eigenvalue weighted by Crippen LogP contribution is 2.32. The second-order valence-corrected chi connectivity index (χ2v) is 6.13. The van der Waals surface area contributed by atoms with Gasteiger partial charge in [0.2, 0.25) is 0 Å². The Balaban J connectivity index is 2.04. The van der Waals surface area contributed by atoms with E-state index in [1.165, 1.54) is 25.0 Å². The van der Waals surface area contributed by atoms with E-state index in [0.29, 0.717) is 6.04 Å². The van der Waals surface area contributed by atoms with Gasteiger partial charge in [-0.1, -0.05) is 13.3 Å². The van der Waals surface area contributed by atoms with Gasteiger partial charge in [-0.15, -0.1) is 0 Å². The van der Waals surface area contributed by atoms with Gasteiger partial charge < -0.3 is 11.1 Å². The molecule has 1 aromatic rings. The van der Waals surface area contributed by atoms with Gasteiger partial charge in [-0.2, -0.15) is 11.8 Å². The maximum atomic E-state index is 5.72. The van der Waals surface area contributed by atoms with Crippen LogP contribution in [-0.4, -0.2) is 22.0 Å². The molecule has 1 aromatic heterocycles. The van der Waals surface area contributed by atoms with Crippen molar-refractivity contribution in [2.24, 2.45) is 0 Å². The highest BCUT2D eigenvalue weighted by atomic mass is 32.2. The third-order valence-electron chi connectivity index (χ3n) is 3.25. The third-order valence-corrected chi connectivity index (χ3v) is 4.58. The first-order valence-corrected chi connectivity index (χ1v) is 7.36. The average molecular weight is 251 g/mol. The zero-order valence-electron chi connectivity index (χ0n) is 10.6. The molecule has 2 unspecified atom stereocenters. The molecule has 2 atom stereocenters. The zero-order valence-corrected chi connectivity index (χ0v) is 11.4. The van der Waals surface area contributed by atoms with Crippen LogP contribution in [0.2, 0.25) is 0 Å². The maximum Gasteiger partial charge on any atom is 0.129 e. The summed E-state index contributed by atoms with van der Waals surface area (Å²) in [4.78, 5) is 4.39. The fourth-order valence-corrected chi connectivity index (χ4v) is 3.63. The van der Waals surface area contributed by atoms with E-state index in [4.69, 9.17) is 5.73 Å². The third kappa shape index (κ3) is 3.06. The molecule has 2 rings (SSSR count). The Hall–Kier alpha value is -0.900. The van der Waals surface area contributed by atoms with Crippen molar-refractivity contribution < 1.29 is 0 Å². The molecule has 0 bridgehead atoms. The summed E-state index contributed by atoms with van der Waals surface area (Å²) >= 11 is 2.06. The van der Waals surface area contributed by atoms with Crippen molar-refractivity contribution in [3.63, 3.8) is 0 Å². The van der Waals surface area contributed by atoms with Gasteiger partial charge in [0.1, 0.15) is 5.82 Å². The van der Waals surface area contributed by atoms with Crippen LogP contribution in [0.3, 0.4) is 0 Å². The topological polar surface area (TPSA) is 50.9 Å². The van der Waals surface area contributed by atoms with Crippen molar-refractivity contribution in [1.82, 2.24) is 4.98 Å². The Morgan fingerprint density at radius 1 is 1.53 bits per heavy atom. The molecule has 1 saturated carbocycles. The molecule has 0 amide bonds. The lowest BCUT2D eigenvalue weighted by atomic mass is 10.2. The van der Waals surface area contributed by atoms with Crippen LogP contribution >= 0.6 is 11.8 Å². The van der Waals surface area contributed by atoms with Gasteiger partial charge in [0.15, 0.2) is 0 Å². The molecule has 0 spiro atoms. The Kier molecular flexibility index (Phi) is 4.15. The largest absolute Gasteiger partial charge is 0.397 e. The molecule has 1 fully saturated rings. The number of nitrogens with two attached hydrogens (primary N) is 1. The molecular formula is C13H21N3S. The lowest BCUT2D eigenvalue weighted by molar-refractivity contribution is 0.761. The van der Waals surface area contributed by atoms with Crippen molar-refractivity contribution >= 4 is 23.3 Å². The minimum absolute atomic E-state index is 0.565. The maximum absolute atomic E-state index is 5.72. The van der Waals surface area contributed by atoms with Crippen LogP contribution in [0.25, 0.3) is 0 Å². The van der Waals surface area contributed by atoms with E-state index in [2.05, 4.69) is 35.9 Å². The first-order chi connectivity index (χ1) is 8.20. The van der Waals surface area contributed by atoms with Gasteiger partial charge in [-0.3, -0.25) is 0 Å². The Morgan fingerprint density at radius 3 is 3.06 bits per heavy atom. The summed E-state index contributed by atoms with van der Waals surface area (Å²) in [5.74, 6) is 2.18. The molecule has 0 radical (unpaired) electrons. The molecule has 3 nitrogen and oxygen atoms in total. The summed E-state index contributed by atoms with van der Waals surface area (Å²) < 4.78 is 0. The van der Waals surface area contributed by atoms with Crippen LogP contribution in [0.4, 0.5) is 11.5 Å². The number of hydrogen-bond acceptors (Lipinski definition) is 4. The number of anilines is 2. The second kappa shape index (κ2) is 5.63. The molecule has 17 heavy (non-hydrogen) atoms. The number of rotatable bonds is 4. The van der Waals surface area contributed by atoms with Crippen molar-refractivity contribution in [3.05, 3.63) is 17.8 Å². The standard InChI is InChI=1S/C13H21N3S/c1-3-17-12-6-4-5-11(12)16-13-9(2)7-10(14)8-15-13/h7-8,11-12H,3-6,14H2,1-2H3,(H,15,16). The molecule has 0 saturated heterocycles. The highest BCUT2D eigenvalue weighted by molar-refractivity contribution is 7.99. The monoisotopic (exact) mass is 251 g/mol. The van der Waals surface area contributed by atoms with Crippen LogP contribution in [-0.2, 0) is 0 Å². The molecule has 1 aliphatic rings. The van der Waals surface area contributed by atoms with E-state index < -0.39 is 0 Å². The predicted molar refractivity (Wildman–Crippen MR) is 76.6 cm³/mol. The first-order valence-electron chi connectivity index (χ1n) is 6.31. The van der Waals surface area contributed by atoms with E-state index in [9.17, 15) is 0 Å². The van der Waals surface area contributed by atoms with Crippen LogP contribution in [0, 0.1) is 6.92 Å². The summed E-state index contributed by atoms with van der Waals surface area (Å²) in [6.45, 7) is 4.29. The van der Waals surface area contributed by atoms with Gasteiger partial charge in [0, 0.05) is 11.3 Å². The van der Waals surface area contributed by atoms with Crippen LogP contribution in [0.1, 0.15) is 31.7 Å². The summed E-state index contributed by atoms with van der Waals surface area (Å²) in [5.41, 5.74) is 7.59. The van der Waals surface area contributed by atoms with Crippen molar-refractivity contribution in [2.75, 3.05) is 16.8 Å². The van der Waals surface area contributed by atoms with Crippen LogP contribution in [0.5, 0.6) is 0 Å². The van der Waals surface area contributed by atoms with Crippen molar-refractivity contribution in [3.8, 4) is 0 Å². The van der Waals surface area contributed by atoms with Gasteiger partial charge >= 0.3 is 0 Å². The second-order valence-electron chi connectivity index (χ2n) is 4.61. The fourth-order valence-electron chi connectivity index (χ4n) is 2.43. The minimum atomic E-state index is 0.565. The molecule has 1 aliphatic carbocycles. The lowest BCUT2D eigenvalue weighted by Crippen LogP contribution is -2.27. The normalized spacial score (nSPS) is 23.9. The van der Waals surface area contributed by atoms with Gasteiger partial charge in [-0.05, 0) is 37.1 Å². The SMILES string of the molecule is CCSC1CCCC1Nc1ncc(N)cc1C. The minimum Gasteiger partial charge on any atom is -0.397 e. The van der Waals surface area contributed by atoms with Crippen LogP contribution in [0.15, 0.2) is 12.3 Å². The van der Waals surface area contributed by atoms with Crippen molar-refractivity contribution in [1.29, 1.82) is 0 Å². The lowest BCUT2D eigenvalue weighted by Gasteiger charge is -2.21. The zero-order chi connectivity index (χ0) is 12.3. The number of hydrogen-bond donors (Lipinski definition) is 2. The number of nitrogens with zero attached hydrogens (tertiary/aromatic N) is 1. The molecule has 3 N–H and O–H groups in total. The molecule has 0 aromatic carbocycles. The summed E-state index contributed by atoms with van der Waals surface area (Å²) in [5, 5.41) is 4.32. The predicted octanol–water partition coefficient (Wildman–Crippen LogP) is 3.06.